The van der Waals surface area contributed by atoms with Crippen molar-refractivity contribution in [1.82, 2.24) is 9.29 Å². The SMILES string of the molecule is O=S(=O)(C1CCCC1)N1CCCC(Cc2cccnc2)C1. The fourth-order valence-electron chi connectivity index (χ4n) is 3.67. The maximum Gasteiger partial charge on any atom is 0.216 e. The molecular weight excluding hydrogens is 284 g/mol. The highest BCUT2D eigenvalue weighted by Gasteiger charge is 2.36. The van der Waals surface area contributed by atoms with Gasteiger partial charge in [0.25, 0.3) is 0 Å². The van der Waals surface area contributed by atoms with Crippen molar-refractivity contribution in [2.45, 2.75) is 50.2 Å². The Morgan fingerprint density at radius 3 is 2.71 bits per heavy atom. The van der Waals surface area contributed by atoms with Gasteiger partial charge in [0, 0.05) is 25.5 Å². The summed E-state index contributed by atoms with van der Waals surface area (Å²) >= 11 is 0. The summed E-state index contributed by atoms with van der Waals surface area (Å²) in [5.74, 6) is 0.430. The van der Waals surface area contributed by atoms with E-state index in [2.05, 4.69) is 11.1 Å². The average Bonchev–Trinajstić information content (AvgIpc) is 3.04. The minimum absolute atomic E-state index is 0.116. The second kappa shape index (κ2) is 6.44. The predicted octanol–water partition coefficient (Wildman–Crippen LogP) is 2.61. The Kier molecular flexibility index (Phi) is 4.60. The molecule has 1 aromatic heterocycles. The topological polar surface area (TPSA) is 50.3 Å². The number of hydrogen-bond acceptors (Lipinski definition) is 3. The minimum atomic E-state index is -3.07. The van der Waals surface area contributed by atoms with Crippen molar-refractivity contribution >= 4 is 10.0 Å². The molecule has 0 radical (unpaired) electrons. The molecule has 4 nitrogen and oxygen atoms in total. The van der Waals surface area contributed by atoms with Crippen LogP contribution in [0.2, 0.25) is 0 Å². The molecule has 21 heavy (non-hydrogen) atoms. The molecule has 1 saturated heterocycles. The minimum Gasteiger partial charge on any atom is -0.264 e. The number of rotatable bonds is 4. The lowest BCUT2D eigenvalue weighted by atomic mass is 9.93. The summed E-state index contributed by atoms with van der Waals surface area (Å²) in [5, 5.41) is -0.116. The van der Waals surface area contributed by atoms with Gasteiger partial charge in [-0.1, -0.05) is 18.9 Å². The van der Waals surface area contributed by atoms with Crippen LogP contribution in [-0.2, 0) is 16.4 Å². The monoisotopic (exact) mass is 308 g/mol. The number of nitrogens with zero attached hydrogens (tertiary/aromatic N) is 2. The lowest BCUT2D eigenvalue weighted by Crippen LogP contribution is -2.44. The molecule has 2 fully saturated rings. The van der Waals surface area contributed by atoms with Crippen LogP contribution in [-0.4, -0.2) is 36.0 Å². The van der Waals surface area contributed by atoms with E-state index in [4.69, 9.17) is 0 Å². The van der Waals surface area contributed by atoms with Crippen LogP contribution in [0.5, 0.6) is 0 Å². The highest BCUT2D eigenvalue weighted by molar-refractivity contribution is 7.89. The molecule has 0 amide bonds. The fourth-order valence-corrected chi connectivity index (χ4v) is 5.83. The summed E-state index contributed by atoms with van der Waals surface area (Å²) in [4.78, 5) is 4.15. The van der Waals surface area contributed by atoms with Crippen LogP contribution < -0.4 is 0 Å². The first-order chi connectivity index (χ1) is 10.2. The zero-order valence-electron chi connectivity index (χ0n) is 12.4. The van der Waals surface area contributed by atoms with Gasteiger partial charge >= 0.3 is 0 Å². The van der Waals surface area contributed by atoms with Gasteiger partial charge in [0.05, 0.1) is 5.25 Å². The van der Waals surface area contributed by atoms with Crippen molar-refractivity contribution in [3.05, 3.63) is 30.1 Å². The van der Waals surface area contributed by atoms with Crippen LogP contribution in [0, 0.1) is 5.92 Å². The average molecular weight is 308 g/mol. The molecule has 1 aliphatic heterocycles. The summed E-state index contributed by atoms with van der Waals surface area (Å²) in [7, 11) is -3.07. The van der Waals surface area contributed by atoms with Crippen molar-refractivity contribution in [1.29, 1.82) is 0 Å². The number of aromatic nitrogens is 1. The van der Waals surface area contributed by atoms with Crippen molar-refractivity contribution in [3.63, 3.8) is 0 Å². The van der Waals surface area contributed by atoms with Crippen LogP contribution in [0.25, 0.3) is 0 Å². The zero-order chi connectivity index (χ0) is 14.7. The van der Waals surface area contributed by atoms with Gasteiger partial charge in [0.1, 0.15) is 0 Å². The lowest BCUT2D eigenvalue weighted by Gasteiger charge is -2.33. The van der Waals surface area contributed by atoms with Crippen molar-refractivity contribution in [2.24, 2.45) is 5.92 Å². The van der Waals surface area contributed by atoms with E-state index in [-0.39, 0.29) is 5.25 Å². The third-order valence-corrected chi connectivity index (χ3v) is 7.18. The predicted molar refractivity (Wildman–Crippen MR) is 83.4 cm³/mol. The van der Waals surface area contributed by atoms with Crippen molar-refractivity contribution < 1.29 is 8.42 Å². The second-order valence-corrected chi connectivity index (χ2v) is 8.60. The molecule has 0 bridgehead atoms. The molecule has 0 aromatic carbocycles. The Labute approximate surface area is 127 Å². The fraction of sp³-hybridized carbons (Fsp3) is 0.688. The number of sulfonamides is 1. The maximum atomic E-state index is 12.7. The Morgan fingerprint density at radius 1 is 1.19 bits per heavy atom. The van der Waals surface area contributed by atoms with Crippen LogP contribution >= 0.6 is 0 Å². The molecule has 2 aliphatic rings. The third-order valence-electron chi connectivity index (χ3n) is 4.81. The molecule has 116 valence electrons. The van der Waals surface area contributed by atoms with Gasteiger partial charge in [-0.25, -0.2) is 12.7 Å². The highest BCUT2D eigenvalue weighted by atomic mass is 32.2. The number of hydrogen-bond donors (Lipinski definition) is 0. The largest absolute Gasteiger partial charge is 0.264 e. The Hall–Kier alpha value is -0.940. The summed E-state index contributed by atoms with van der Waals surface area (Å²) in [6.45, 7) is 1.40. The Morgan fingerprint density at radius 2 is 2.00 bits per heavy atom. The van der Waals surface area contributed by atoms with E-state index in [9.17, 15) is 8.42 Å². The van der Waals surface area contributed by atoms with Gasteiger partial charge in [-0.3, -0.25) is 4.98 Å². The molecule has 1 unspecified atom stereocenters. The molecule has 0 spiro atoms. The molecule has 1 aromatic rings. The molecule has 1 aliphatic carbocycles. The first-order valence-electron chi connectivity index (χ1n) is 8.04. The lowest BCUT2D eigenvalue weighted by molar-refractivity contribution is 0.263. The number of pyridine rings is 1. The van der Waals surface area contributed by atoms with Gasteiger partial charge in [-0.15, -0.1) is 0 Å². The standard InChI is InChI=1S/C16H24N2O2S/c19-21(20,16-7-1-2-8-16)18-10-4-6-15(13-18)11-14-5-3-9-17-12-14/h3,5,9,12,15-16H,1-2,4,6-8,10-11,13H2. The first kappa shape index (κ1) is 15.0. The van der Waals surface area contributed by atoms with Crippen molar-refractivity contribution in [3.8, 4) is 0 Å². The van der Waals surface area contributed by atoms with E-state index in [1.807, 2.05) is 12.3 Å². The van der Waals surface area contributed by atoms with Gasteiger partial charge < -0.3 is 0 Å². The molecule has 1 saturated carbocycles. The highest BCUT2D eigenvalue weighted by Crippen LogP contribution is 2.30. The van der Waals surface area contributed by atoms with E-state index in [0.29, 0.717) is 19.0 Å². The Bertz CT molecular complexity index is 553. The van der Waals surface area contributed by atoms with E-state index in [1.165, 1.54) is 5.56 Å². The number of piperidine rings is 1. The Balaban J connectivity index is 1.65. The van der Waals surface area contributed by atoms with E-state index in [1.54, 1.807) is 10.5 Å². The van der Waals surface area contributed by atoms with Crippen LogP contribution in [0.3, 0.4) is 0 Å². The van der Waals surface area contributed by atoms with E-state index < -0.39 is 10.0 Å². The summed E-state index contributed by atoms with van der Waals surface area (Å²) in [6, 6.07) is 4.03. The summed E-state index contributed by atoms with van der Waals surface area (Å²) < 4.78 is 27.2. The first-order valence-corrected chi connectivity index (χ1v) is 9.54. The van der Waals surface area contributed by atoms with Gasteiger partial charge in [-0.2, -0.15) is 0 Å². The van der Waals surface area contributed by atoms with E-state index in [0.717, 1.165) is 44.9 Å². The zero-order valence-corrected chi connectivity index (χ0v) is 13.3. The summed E-state index contributed by atoms with van der Waals surface area (Å²) in [6.07, 6.45) is 10.5. The van der Waals surface area contributed by atoms with Gasteiger partial charge in [0.15, 0.2) is 0 Å². The smallest absolute Gasteiger partial charge is 0.216 e. The van der Waals surface area contributed by atoms with Crippen LogP contribution in [0.1, 0.15) is 44.1 Å². The molecular formula is C16H24N2O2S. The third kappa shape index (κ3) is 3.46. The molecule has 2 heterocycles. The molecule has 1 atom stereocenters. The molecule has 3 rings (SSSR count). The maximum absolute atomic E-state index is 12.7. The molecule has 0 N–H and O–H groups in total. The summed E-state index contributed by atoms with van der Waals surface area (Å²) in [5.41, 5.74) is 1.21. The van der Waals surface area contributed by atoms with Crippen molar-refractivity contribution in [2.75, 3.05) is 13.1 Å². The second-order valence-electron chi connectivity index (χ2n) is 6.38. The van der Waals surface area contributed by atoms with Crippen LogP contribution in [0.15, 0.2) is 24.5 Å². The van der Waals surface area contributed by atoms with Crippen LogP contribution in [0.4, 0.5) is 0 Å². The van der Waals surface area contributed by atoms with E-state index >= 15 is 0 Å². The normalized spacial score (nSPS) is 25.2. The van der Waals surface area contributed by atoms with Gasteiger partial charge in [0.2, 0.25) is 10.0 Å². The molecule has 5 heteroatoms. The van der Waals surface area contributed by atoms with Gasteiger partial charge in [-0.05, 0) is 49.7 Å². The quantitative estimate of drug-likeness (QED) is 0.859.